The minimum atomic E-state index is 0.166. The smallest absolute Gasteiger partial charge is 0.122 e. The molecule has 1 aromatic carbocycles. The lowest BCUT2D eigenvalue weighted by Crippen LogP contribution is -2.06. The maximum absolute atomic E-state index is 6.03. The Morgan fingerprint density at radius 3 is 3.07 bits per heavy atom. The van der Waals surface area contributed by atoms with Gasteiger partial charge in [0.25, 0.3) is 0 Å². The zero-order chi connectivity index (χ0) is 10.1. The van der Waals surface area contributed by atoms with Crippen LogP contribution in [0, 0.1) is 0 Å². The first-order valence-corrected chi connectivity index (χ1v) is 5.73. The topological polar surface area (TPSA) is 35.2 Å². The fourth-order valence-corrected chi connectivity index (χ4v) is 2.68. The van der Waals surface area contributed by atoms with Crippen LogP contribution in [0.25, 0.3) is 0 Å². The Morgan fingerprint density at radius 2 is 2.36 bits per heavy atom. The van der Waals surface area contributed by atoms with Crippen molar-refractivity contribution in [1.82, 2.24) is 0 Å². The lowest BCUT2D eigenvalue weighted by molar-refractivity contribution is 0.337. The van der Waals surface area contributed by atoms with Crippen LogP contribution < -0.4 is 10.5 Å². The molecule has 0 bridgehead atoms. The number of rotatable bonds is 2. The molecule has 0 heterocycles. The number of benzene rings is 1. The maximum Gasteiger partial charge on any atom is 0.122 e. The van der Waals surface area contributed by atoms with Gasteiger partial charge in [0.05, 0.1) is 6.61 Å². The van der Waals surface area contributed by atoms with E-state index in [-0.39, 0.29) is 6.04 Å². The molecule has 0 saturated carbocycles. The van der Waals surface area contributed by atoms with Crippen molar-refractivity contribution in [3.05, 3.63) is 27.7 Å². The second kappa shape index (κ2) is 3.91. The number of hydrogen-bond acceptors (Lipinski definition) is 2. The third kappa shape index (κ3) is 1.55. The highest BCUT2D eigenvalue weighted by Gasteiger charge is 2.24. The van der Waals surface area contributed by atoms with Gasteiger partial charge in [0.1, 0.15) is 5.75 Å². The van der Waals surface area contributed by atoms with Crippen molar-refractivity contribution >= 4 is 15.9 Å². The highest BCUT2D eigenvalue weighted by Crippen LogP contribution is 2.40. The standard InChI is InChI=1S/C11H14BrNO/c1-2-14-10-6-4-8(12)11-7(10)3-5-9(11)13/h4,6,9H,2-3,5,13H2,1H3/t9-/m0/s1. The van der Waals surface area contributed by atoms with Gasteiger partial charge in [0.2, 0.25) is 0 Å². The van der Waals surface area contributed by atoms with E-state index < -0.39 is 0 Å². The molecule has 76 valence electrons. The van der Waals surface area contributed by atoms with E-state index in [4.69, 9.17) is 10.5 Å². The molecule has 0 aliphatic heterocycles. The van der Waals surface area contributed by atoms with Crippen molar-refractivity contribution in [3.63, 3.8) is 0 Å². The monoisotopic (exact) mass is 255 g/mol. The predicted molar refractivity (Wildman–Crippen MR) is 60.6 cm³/mol. The first-order valence-electron chi connectivity index (χ1n) is 4.93. The summed E-state index contributed by atoms with van der Waals surface area (Å²) < 4.78 is 6.69. The van der Waals surface area contributed by atoms with Crippen LogP contribution in [0.3, 0.4) is 0 Å². The normalized spacial score (nSPS) is 19.5. The minimum Gasteiger partial charge on any atom is -0.494 e. The summed E-state index contributed by atoms with van der Waals surface area (Å²) in [6.45, 7) is 2.71. The van der Waals surface area contributed by atoms with Gasteiger partial charge in [-0.25, -0.2) is 0 Å². The molecule has 2 rings (SSSR count). The summed E-state index contributed by atoms with van der Waals surface area (Å²) in [4.78, 5) is 0. The van der Waals surface area contributed by atoms with Crippen LogP contribution >= 0.6 is 15.9 Å². The molecule has 0 aromatic heterocycles. The average molecular weight is 256 g/mol. The molecule has 1 aromatic rings. The molecule has 2 N–H and O–H groups in total. The van der Waals surface area contributed by atoms with E-state index in [1.165, 1.54) is 11.1 Å². The Bertz CT molecular complexity index is 351. The Balaban J connectivity index is 2.47. The van der Waals surface area contributed by atoms with E-state index in [1.807, 2.05) is 19.1 Å². The van der Waals surface area contributed by atoms with Crippen LogP contribution in [-0.4, -0.2) is 6.61 Å². The minimum absolute atomic E-state index is 0.166. The lowest BCUT2D eigenvalue weighted by atomic mass is 10.1. The fraction of sp³-hybridized carbons (Fsp3) is 0.455. The fourth-order valence-electron chi connectivity index (χ4n) is 2.01. The Kier molecular flexibility index (Phi) is 2.79. The van der Waals surface area contributed by atoms with Gasteiger partial charge in [-0.1, -0.05) is 15.9 Å². The first-order chi connectivity index (χ1) is 6.74. The van der Waals surface area contributed by atoms with Gasteiger partial charge in [0.15, 0.2) is 0 Å². The van der Waals surface area contributed by atoms with E-state index >= 15 is 0 Å². The van der Waals surface area contributed by atoms with Gasteiger partial charge < -0.3 is 10.5 Å². The Labute approximate surface area is 92.6 Å². The number of nitrogens with two attached hydrogens (primary N) is 1. The van der Waals surface area contributed by atoms with Crippen molar-refractivity contribution in [3.8, 4) is 5.75 Å². The number of hydrogen-bond donors (Lipinski definition) is 1. The largest absolute Gasteiger partial charge is 0.494 e. The molecule has 0 radical (unpaired) electrons. The summed E-state index contributed by atoms with van der Waals surface area (Å²) in [5.74, 6) is 0.999. The zero-order valence-corrected chi connectivity index (χ0v) is 9.80. The Morgan fingerprint density at radius 1 is 1.57 bits per heavy atom. The van der Waals surface area contributed by atoms with E-state index in [2.05, 4.69) is 15.9 Å². The van der Waals surface area contributed by atoms with Gasteiger partial charge in [0, 0.05) is 16.1 Å². The van der Waals surface area contributed by atoms with Crippen molar-refractivity contribution in [2.75, 3.05) is 6.61 Å². The molecule has 0 unspecified atom stereocenters. The summed E-state index contributed by atoms with van der Waals surface area (Å²) in [5, 5.41) is 0. The number of ether oxygens (including phenoxy) is 1. The molecule has 0 spiro atoms. The Hall–Kier alpha value is -0.540. The SMILES string of the molecule is CCOc1ccc(Br)c2c1CC[C@@H]2N. The van der Waals surface area contributed by atoms with E-state index in [0.717, 1.165) is 23.1 Å². The summed E-state index contributed by atoms with van der Waals surface area (Å²) >= 11 is 3.54. The van der Waals surface area contributed by atoms with Crippen LogP contribution in [0.1, 0.15) is 30.5 Å². The number of halogens is 1. The molecule has 0 saturated heterocycles. The second-order valence-electron chi connectivity index (χ2n) is 3.52. The lowest BCUT2D eigenvalue weighted by Gasteiger charge is -2.12. The highest BCUT2D eigenvalue weighted by atomic mass is 79.9. The maximum atomic E-state index is 6.03. The van der Waals surface area contributed by atoms with Gasteiger partial charge >= 0.3 is 0 Å². The molecule has 2 nitrogen and oxygen atoms in total. The molecule has 14 heavy (non-hydrogen) atoms. The molecular weight excluding hydrogens is 242 g/mol. The second-order valence-corrected chi connectivity index (χ2v) is 4.37. The predicted octanol–water partition coefficient (Wildman–Crippen LogP) is 2.79. The molecule has 3 heteroatoms. The number of fused-ring (bicyclic) bond motifs is 1. The van der Waals surface area contributed by atoms with Gasteiger partial charge in [-0.05, 0) is 37.5 Å². The molecule has 1 atom stereocenters. The molecular formula is C11H14BrNO. The molecule has 1 aliphatic carbocycles. The van der Waals surface area contributed by atoms with Crippen LogP contribution in [0.5, 0.6) is 5.75 Å². The molecule has 0 amide bonds. The van der Waals surface area contributed by atoms with Crippen LogP contribution in [0.4, 0.5) is 0 Å². The van der Waals surface area contributed by atoms with Crippen LogP contribution in [-0.2, 0) is 6.42 Å². The summed E-state index contributed by atoms with van der Waals surface area (Å²) in [6.07, 6.45) is 2.06. The van der Waals surface area contributed by atoms with E-state index in [1.54, 1.807) is 0 Å². The zero-order valence-electron chi connectivity index (χ0n) is 8.22. The first kappa shape index (κ1) is 9.99. The summed E-state index contributed by atoms with van der Waals surface area (Å²) in [7, 11) is 0. The average Bonchev–Trinajstić information content (AvgIpc) is 2.54. The van der Waals surface area contributed by atoms with Crippen molar-refractivity contribution in [1.29, 1.82) is 0 Å². The van der Waals surface area contributed by atoms with Crippen LogP contribution in [0.2, 0.25) is 0 Å². The van der Waals surface area contributed by atoms with Gasteiger partial charge in [-0.3, -0.25) is 0 Å². The molecule has 1 aliphatic rings. The van der Waals surface area contributed by atoms with Crippen molar-refractivity contribution < 1.29 is 4.74 Å². The summed E-state index contributed by atoms with van der Waals surface area (Å²) in [6, 6.07) is 4.21. The van der Waals surface area contributed by atoms with E-state index in [9.17, 15) is 0 Å². The summed E-state index contributed by atoms with van der Waals surface area (Å²) in [5.41, 5.74) is 8.54. The van der Waals surface area contributed by atoms with Gasteiger partial charge in [-0.15, -0.1) is 0 Å². The third-order valence-corrected chi connectivity index (χ3v) is 3.33. The van der Waals surface area contributed by atoms with Crippen LogP contribution in [0.15, 0.2) is 16.6 Å². The highest BCUT2D eigenvalue weighted by molar-refractivity contribution is 9.10. The van der Waals surface area contributed by atoms with E-state index in [0.29, 0.717) is 6.61 Å². The van der Waals surface area contributed by atoms with Gasteiger partial charge in [-0.2, -0.15) is 0 Å². The third-order valence-electron chi connectivity index (χ3n) is 2.64. The van der Waals surface area contributed by atoms with Crippen molar-refractivity contribution in [2.24, 2.45) is 5.73 Å². The molecule has 0 fully saturated rings. The quantitative estimate of drug-likeness (QED) is 0.883. The van der Waals surface area contributed by atoms with Crippen molar-refractivity contribution in [2.45, 2.75) is 25.8 Å².